The van der Waals surface area contributed by atoms with Crippen LogP contribution in [0, 0.1) is 0 Å². The zero-order chi connectivity index (χ0) is 15.6. The molecule has 112 valence electrons. The summed E-state index contributed by atoms with van der Waals surface area (Å²) in [7, 11) is 0. The molecule has 0 atom stereocenters. The molecule has 0 unspecified atom stereocenters. The Labute approximate surface area is 136 Å². The fourth-order valence-electron chi connectivity index (χ4n) is 1.86. The normalized spacial score (nSPS) is 13.0. The molecule has 0 fully saturated rings. The van der Waals surface area contributed by atoms with Crippen LogP contribution in [0.25, 0.3) is 15.3 Å². The van der Waals surface area contributed by atoms with Gasteiger partial charge < -0.3 is 10.5 Å². The first kappa shape index (κ1) is 16.0. The molecule has 1 aromatic heterocycles. The zero-order valence-electron chi connectivity index (χ0n) is 12.8. The fraction of sp³-hybridized carbons (Fsp3) is 0.294. The monoisotopic (exact) mass is 319 g/mol. The quantitative estimate of drug-likeness (QED) is 0.766. The SMILES string of the molecule is C/C(N)=C(\S)c1ccc(-c2ccc(OC(C)(C)C)cc2)s1. The van der Waals surface area contributed by atoms with Gasteiger partial charge in [0, 0.05) is 20.4 Å². The van der Waals surface area contributed by atoms with Crippen LogP contribution in [0.1, 0.15) is 32.6 Å². The smallest absolute Gasteiger partial charge is 0.120 e. The third-order valence-corrected chi connectivity index (χ3v) is 4.67. The number of benzene rings is 1. The van der Waals surface area contributed by atoms with Gasteiger partial charge in [0.25, 0.3) is 0 Å². The van der Waals surface area contributed by atoms with Gasteiger partial charge in [-0.25, -0.2) is 0 Å². The minimum Gasteiger partial charge on any atom is -0.488 e. The average molecular weight is 319 g/mol. The Bertz CT molecular complexity index is 644. The van der Waals surface area contributed by atoms with Crippen molar-refractivity contribution in [3.8, 4) is 16.2 Å². The lowest BCUT2D eigenvalue weighted by Crippen LogP contribution is -2.22. The summed E-state index contributed by atoms with van der Waals surface area (Å²) in [6.07, 6.45) is 0. The van der Waals surface area contributed by atoms with E-state index in [2.05, 4.69) is 36.9 Å². The predicted octanol–water partition coefficient (Wildman–Crippen LogP) is 5.17. The van der Waals surface area contributed by atoms with Gasteiger partial charge >= 0.3 is 0 Å². The third kappa shape index (κ3) is 4.29. The van der Waals surface area contributed by atoms with Crippen molar-refractivity contribution >= 4 is 28.9 Å². The Morgan fingerprint density at radius 1 is 1.10 bits per heavy atom. The lowest BCUT2D eigenvalue weighted by molar-refractivity contribution is 0.131. The first-order chi connectivity index (χ1) is 9.76. The van der Waals surface area contributed by atoms with Crippen LogP contribution >= 0.6 is 24.0 Å². The highest BCUT2D eigenvalue weighted by atomic mass is 32.1. The summed E-state index contributed by atoms with van der Waals surface area (Å²) < 4.78 is 5.83. The van der Waals surface area contributed by atoms with E-state index in [-0.39, 0.29) is 5.60 Å². The number of hydrogen-bond donors (Lipinski definition) is 2. The Balaban J connectivity index is 2.22. The largest absolute Gasteiger partial charge is 0.488 e. The lowest BCUT2D eigenvalue weighted by atomic mass is 10.1. The number of rotatable bonds is 3. The van der Waals surface area contributed by atoms with E-state index in [1.54, 1.807) is 11.3 Å². The summed E-state index contributed by atoms with van der Waals surface area (Å²) in [5.41, 5.74) is 7.52. The molecule has 0 saturated carbocycles. The number of thiophene rings is 1. The molecule has 0 bridgehead atoms. The molecular weight excluding hydrogens is 298 g/mol. The van der Waals surface area contributed by atoms with E-state index in [4.69, 9.17) is 10.5 Å². The van der Waals surface area contributed by atoms with Crippen molar-refractivity contribution < 1.29 is 4.74 Å². The molecule has 0 aliphatic heterocycles. The Kier molecular flexibility index (Phi) is 4.69. The summed E-state index contributed by atoms with van der Waals surface area (Å²) in [5, 5.41) is 0. The van der Waals surface area contributed by atoms with Crippen molar-refractivity contribution in [2.45, 2.75) is 33.3 Å². The first-order valence-corrected chi connectivity index (χ1v) is 8.07. The zero-order valence-corrected chi connectivity index (χ0v) is 14.5. The molecule has 2 aromatic rings. The van der Waals surface area contributed by atoms with Crippen LogP contribution in [0.4, 0.5) is 0 Å². The maximum absolute atomic E-state index is 5.83. The maximum Gasteiger partial charge on any atom is 0.120 e. The van der Waals surface area contributed by atoms with Crippen LogP contribution in [0.3, 0.4) is 0 Å². The summed E-state index contributed by atoms with van der Waals surface area (Å²) in [5.74, 6) is 0.885. The Morgan fingerprint density at radius 3 is 2.24 bits per heavy atom. The third-order valence-electron chi connectivity index (χ3n) is 2.78. The van der Waals surface area contributed by atoms with Crippen molar-refractivity contribution in [3.05, 3.63) is 47.0 Å². The molecule has 0 aliphatic carbocycles. The number of hydrogen-bond acceptors (Lipinski definition) is 4. The molecule has 0 spiro atoms. The van der Waals surface area contributed by atoms with E-state index >= 15 is 0 Å². The van der Waals surface area contributed by atoms with E-state index < -0.39 is 0 Å². The Hall–Kier alpha value is -1.39. The minimum absolute atomic E-state index is 0.179. The number of thiol groups is 1. The van der Waals surface area contributed by atoms with E-state index in [0.29, 0.717) is 0 Å². The molecule has 2 nitrogen and oxygen atoms in total. The first-order valence-electron chi connectivity index (χ1n) is 6.81. The summed E-state index contributed by atoms with van der Waals surface area (Å²) in [6.45, 7) is 7.99. The van der Waals surface area contributed by atoms with Gasteiger partial charge in [-0.3, -0.25) is 0 Å². The van der Waals surface area contributed by atoms with Crippen molar-refractivity contribution in [2.24, 2.45) is 5.73 Å². The highest BCUT2D eigenvalue weighted by Gasteiger charge is 2.12. The highest BCUT2D eigenvalue weighted by Crippen LogP contribution is 2.34. The maximum atomic E-state index is 5.83. The molecule has 0 saturated heterocycles. The van der Waals surface area contributed by atoms with Gasteiger partial charge in [0.2, 0.25) is 0 Å². The van der Waals surface area contributed by atoms with Crippen molar-refractivity contribution in [2.75, 3.05) is 0 Å². The minimum atomic E-state index is -0.179. The van der Waals surface area contributed by atoms with Gasteiger partial charge in [-0.05, 0) is 69.7 Å². The predicted molar refractivity (Wildman–Crippen MR) is 95.9 cm³/mol. The molecule has 1 heterocycles. The number of allylic oxidation sites excluding steroid dienone is 1. The van der Waals surface area contributed by atoms with Gasteiger partial charge in [0.15, 0.2) is 0 Å². The molecular formula is C17H21NOS2. The molecule has 0 radical (unpaired) electrons. The van der Waals surface area contributed by atoms with Gasteiger partial charge in [-0.1, -0.05) is 0 Å². The van der Waals surface area contributed by atoms with Crippen molar-refractivity contribution in [3.63, 3.8) is 0 Å². The molecule has 2 rings (SSSR count). The van der Waals surface area contributed by atoms with E-state index in [1.807, 2.05) is 39.8 Å². The van der Waals surface area contributed by atoms with E-state index in [0.717, 1.165) is 21.2 Å². The highest BCUT2D eigenvalue weighted by molar-refractivity contribution is 7.90. The van der Waals surface area contributed by atoms with E-state index in [1.165, 1.54) is 10.4 Å². The van der Waals surface area contributed by atoms with Crippen LogP contribution in [0.5, 0.6) is 5.75 Å². The van der Waals surface area contributed by atoms with Crippen molar-refractivity contribution in [1.82, 2.24) is 0 Å². The molecule has 0 aliphatic rings. The van der Waals surface area contributed by atoms with Crippen LogP contribution in [0.2, 0.25) is 0 Å². The summed E-state index contributed by atoms with van der Waals surface area (Å²) in [6, 6.07) is 12.3. The standard InChI is InChI=1S/C17H21NOS2/c1-11(18)16(20)15-10-9-14(21-15)12-5-7-13(8-6-12)19-17(2,3)4/h5-10,20H,18H2,1-4H3/b16-11+. The van der Waals surface area contributed by atoms with Crippen LogP contribution in [-0.2, 0) is 0 Å². The van der Waals surface area contributed by atoms with Gasteiger partial charge in [0.05, 0.1) is 0 Å². The van der Waals surface area contributed by atoms with Crippen LogP contribution in [0.15, 0.2) is 42.1 Å². The topological polar surface area (TPSA) is 35.2 Å². The Morgan fingerprint density at radius 2 is 1.71 bits per heavy atom. The lowest BCUT2D eigenvalue weighted by Gasteiger charge is -2.21. The molecule has 0 amide bonds. The molecule has 2 N–H and O–H groups in total. The summed E-state index contributed by atoms with van der Waals surface area (Å²) >= 11 is 6.13. The summed E-state index contributed by atoms with van der Waals surface area (Å²) in [4.78, 5) is 3.13. The van der Waals surface area contributed by atoms with Crippen LogP contribution in [-0.4, -0.2) is 5.60 Å². The van der Waals surface area contributed by atoms with Crippen molar-refractivity contribution in [1.29, 1.82) is 0 Å². The fourth-order valence-corrected chi connectivity index (χ4v) is 3.09. The molecule has 4 heteroatoms. The molecule has 21 heavy (non-hydrogen) atoms. The van der Waals surface area contributed by atoms with Gasteiger partial charge in [-0.15, -0.1) is 24.0 Å². The number of ether oxygens (including phenoxy) is 1. The second-order valence-corrected chi connectivity index (χ2v) is 7.47. The van der Waals surface area contributed by atoms with Crippen LogP contribution < -0.4 is 10.5 Å². The second kappa shape index (κ2) is 6.16. The molecule has 1 aromatic carbocycles. The average Bonchev–Trinajstić information content (AvgIpc) is 2.86. The second-order valence-electron chi connectivity index (χ2n) is 5.93. The number of nitrogens with two attached hydrogens (primary N) is 1. The van der Waals surface area contributed by atoms with Gasteiger partial charge in [0.1, 0.15) is 11.4 Å². The van der Waals surface area contributed by atoms with Gasteiger partial charge in [-0.2, -0.15) is 0 Å². The van der Waals surface area contributed by atoms with E-state index in [9.17, 15) is 0 Å².